The number of carbonyl (C=O) groups excluding carboxylic acids is 3. The largest absolute Gasteiger partial charge is 0.354 e. The van der Waals surface area contributed by atoms with Crippen molar-refractivity contribution in [1.82, 2.24) is 10.2 Å². The molecule has 158 valence electrons. The summed E-state index contributed by atoms with van der Waals surface area (Å²) in [6.45, 7) is 0.0618. The number of sulfone groups is 1. The lowest BCUT2D eigenvalue weighted by Crippen LogP contribution is -2.37. The van der Waals surface area contributed by atoms with Crippen molar-refractivity contribution in [2.24, 2.45) is 0 Å². The van der Waals surface area contributed by atoms with Crippen molar-refractivity contribution in [2.75, 3.05) is 18.8 Å². The molecule has 1 saturated heterocycles. The highest BCUT2D eigenvalue weighted by atomic mass is 35.5. The lowest BCUT2D eigenvalue weighted by molar-refractivity contribution is -0.124. The highest BCUT2D eigenvalue weighted by Gasteiger charge is 2.34. The van der Waals surface area contributed by atoms with Gasteiger partial charge in [-0.2, -0.15) is 0 Å². The van der Waals surface area contributed by atoms with Gasteiger partial charge in [0.1, 0.15) is 0 Å². The first-order valence-corrected chi connectivity index (χ1v) is 12.5. The number of amides is 3. The third kappa shape index (κ3) is 5.72. The zero-order valence-electron chi connectivity index (χ0n) is 15.5. The fourth-order valence-electron chi connectivity index (χ4n) is 2.58. The van der Waals surface area contributed by atoms with Crippen LogP contribution in [0, 0.1) is 0 Å². The molecule has 0 aliphatic carbocycles. The Morgan fingerprint density at radius 2 is 1.90 bits per heavy atom. The molecule has 1 aromatic heterocycles. The molecule has 0 unspecified atom stereocenters. The first-order valence-electron chi connectivity index (χ1n) is 8.80. The summed E-state index contributed by atoms with van der Waals surface area (Å²) in [4.78, 5) is 38.8. The number of thiophene rings is 1. The molecule has 1 aliphatic rings. The van der Waals surface area contributed by atoms with Gasteiger partial charge in [-0.3, -0.25) is 19.3 Å². The number of nitrogens with zero attached hydrogens (tertiary/aromatic N) is 1. The molecule has 0 saturated carbocycles. The highest BCUT2D eigenvalue weighted by molar-refractivity contribution is 8.18. The van der Waals surface area contributed by atoms with Crippen LogP contribution in [0.3, 0.4) is 0 Å². The molecule has 30 heavy (non-hydrogen) atoms. The van der Waals surface area contributed by atoms with E-state index in [1.54, 1.807) is 6.08 Å². The van der Waals surface area contributed by atoms with Crippen molar-refractivity contribution in [3.63, 3.8) is 0 Å². The van der Waals surface area contributed by atoms with Gasteiger partial charge in [-0.05, 0) is 53.5 Å². The van der Waals surface area contributed by atoms with Crippen LogP contribution in [-0.2, 0) is 19.4 Å². The third-order valence-corrected chi connectivity index (χ3v) is 7.83. The molecule has 1 N–H and O–H groups in total. The number of carbonyl (C=O) groups is 3. The fraction of sp³-hybridized carbons (Fsp3) is 0.211. The maximum atomic E-state index is 12.4. The van der Waals surface area contributed by atoms with E-state index in [1.165, 1.54) is 35.6 Å². The van der Waals surface area contributed by atoms with Crippen molar-refractivity contribution >= 4 is 67.7 Å². The van der Waals surface area contributed by atoms with Gasteiger partial charge in [-0.15, -0.1) is 11.3 Å². The summed E-state index contributed by atoms with van der Waals surface area (Å²) in [5.41, 5.74) is 0. The molecular weight excluding hydrogens is 468 g/mol. The number of imide groups is 1. The summed E-state index contributed by atoms with van der Waals surface area (Å²) < 4.78 is 24.5. The predicted octanol–water partition coefficient (Wildman–Crippen LogP) is 3.42. The number of nitrogens with one attached hydrogen (secondary N) is 1. The molecule has 2 heterocycles. The molecule has 2 aromatic rings. The lowest BCUT2D eigenvalue weighted by Gasteiger charge is -2.13. The van der Waals surface area contributed by atoms with Gasteiger partial charge in [0.15, 0.2) is 9.84 Å². The molecule has 0 radical (unpaired) electrons. The van der Waals surface area contributed by atoms with Crippen molar-refractivity contribution in [1.29, 1.82) is 0 Å². The van der Waals surface area contributed by atoms with Gasteiger partial charge in [0, 0.05) is 29.4 Å². The van der Waals surface area contributed by atoms with Crippen LogP contribution in [0.5, 0.6) is 0 Å². The smallest absolute Gasteiger partial charge is 0.293 e. The molecule has 0 atom stereocenters. The van der Waals surface area contributed by atoms with Gasteiger partial charge in [-0.1, -0.05) is 17.7 Å². The van der Waals surface area contributed by atoms with Gasteiger partial charge in [0.2, 0.25) is 5.91 Å². The SMILES string of the molecule is O=C(CCS(=O)(=O)c1ccc(Cl)cc1)NCCN1C(=O)SC(=Cc2cccs2)C1=O. The normalized spacial score (nSPS) is 15.8. The Bertz CT molecular complexity index is 1080. The van der Waals surface area contributed by atoms with E-state index in [1.807, 2.05) is 17.5 Å². The monoisotopic (exact) mass is 484 g/mol. The summed E-state index contributed by atoms with van der Waals surface area (Å²) in [6.07, 6.45) is 1.43. The molecule has 0 bridgehead atoms. The van der Waals surface area contributed by atoms with Crippen LogP contribution in [0.2, 0.25) is 5.02 Å². The van der Waals surface area contributed by atoms with Crippen molar-refractivity contribution in [2.45, 2.75) is 11.3 Å². The van der Waals surface area contributed by atoms with E-state index >= 15 is 0 Å². The van der Waals surface area contributed by atoms with Crippen molar-refractivity contribution in [3.05, 3.63) is 56.6 Å². The van der Waals surface area contributed by atoms with Gasteiger partial charge in [-0.25, -0.2) is 8.42 Å². The quantitative estimate of drug-likeness (QED) is 0.576. The second-order valence-corrected chi connectivity index (χ2v) is 10.7. The number of hydrogen-bond donors (Lipinski definition) is 1. The van der Waals surface area contributed by atoms with Crippen LogP contribution in [-0.4, -0.2) is 49.2 Å². The molecule has 0 spiro atoms. The highest BCUT2D eigenvalue weighted by Crippen LogP contribution is 2.32. The standard InChI is InChI=1S/C19H17ClN2O5S3/c20-13-3-5-15(6-4-13)30(26,27)11-7-17(23)21-8-9-22-18(24)16(29-19(22)25)12-14-2-1-10-28-14/h1-6,10,12H,7-9,11H2,(H,21,23). The van der Waals surface area contributed by atoms with Crippen molar-refractivity contribution in [3.8, 4) is 0 Å². The van der Waals surface area contributed by atoms with Crippen LogP contribution in [0.1, 0.15) is 11.3 Å². The Balaban J connectivity index is 1.47. The summed E-state index contributed by atoms with van der Waals surface area (Å²) in [5.74, 6) is -1.24. The third-order valence-electron chi connectivity index (χ3n) is 4.12. The minimum Gasteiger partial charge on any atom is -0.354 e. The van der Waals surface area contributed by atoms with Crippen LogP contribution in [0.25, 0.3) is 6.08 Å². The topological polar surface area (TPSA) is 101 Å². The molecule has 3 rings (SSSR count). The Morgan fingerprint density at radius 3 is 2.57 bits per heavy atom. The second kappa shape index (κ2) is 9.78. The van der Waals surface area contributed by atoms with Gasteiger partial charge in [0.05, 0.1) is 15.6 Å². The molecule has 1 aliphatic heterocycles. The minimum absolute atomic E-state index is 0.0160. The Morgan fingerprint density at radius 1 is 1.17 bits per heavy atom. The van der Waals surface area contributed by atoms with Gasteiger partial charge >= 0.3 is 0 Å². The number of hydrogen-bond acceptors (Lipinski definition) is 7. The van der Waals surface area contributed by atoms with Crippen LogP contribution in [0.4, 0.5) is 4.79 Å². The molecule has 3 amide bonds. The number of rotatable bonds is 8. The van der Waals surface area contributed by atoms with E-state index in [-0.39, 0.29) is 30.2 Å². The molecule has 11 heteroatoms. The van der Waals surface area contributed by atoms with Gasteiger partial charge < -0.3 is 5.32 Å². The predicted molar refractivity (Wildman–Crippen MR) is 118 cm³/mol. The van der Waals surface area contributed by atoms with E-state index in [0.29, 0.717) is 9.93 Å². The Kier molecular flexibility index (Phi) is 7.35. The fourth-order valence-corrected chi connectivity index (χ4v) is 5.53. The van der Waals surface area contributed by atoms with Crippen LogP contribution < -0.4 is 5.32 Å². The van der Waals surface area contributed by atoms with Crippen LogP contribution >= 0.6 is 34.7 Å². The summed E-state index contributed by atoms with van der Waals surface area (Å²) >= 11 is 8.06. The average molecular weight is 485 g/mol. The van der Waals surface area contributed by atoms with E-state index in [9.17, 15) is 22.8 Å². The molecule has 1 aromatic carbocycles. The van der Waals surface area contributed by atoms with Crippen molar-refractivity contribution < 1.29 is 22.8 Å². The van der Waals surface area contributed by atoms with E-state index in [2.05, 4.69) is 5.32 Å². The van der Waals surface area contributed by atoms with Crippen LogP contribution in [0.15, 0.2) is 51.6 Å². The Hall–Kier alpha value is -2.14. The summed E-state index contributed by atoms with van der Waals surface area (Å²) in [5, 5.41) is 4.44. The molecule has 7 nitrogen and oxygen atoms in total. The zero-order valence-corrected chi connectivity index (χ0v) is 18.7. The number of halogens is 1. The lowest BCUT2D eigenvalue weighted by atomic mass is 10.3. The van der Waals surface area contributed by atoms with Gasteiger partial charge in [0.25, 0.3) is 11.1 Å². The maximum absolute atomic E-state index is 12.4. The number of benzene rings is 1. The summed E-state index contributed by atoms with van der Waals surface area (Å²) in [6, 6.07) is 9.41. The first kappa shape index (κ1) is 22.5. The second-order valence-electron chi connectivity index (χ2n) is 6.22. The maximum Gasteiger partial charge on any atom is 0.293 e. The summed E-state index contributed by atoms with van der Waals surface area (Å²) in [7, 11) is -3.61. The number of thioether (sulfide) groups is 1. The van der Waals surface area contributed by atoms with E-state index in [0.717, 1.165) is 21.5 Å². The minimum atomic E-state index is -3.61. The molecular formula is C19H17ClN2O5S3. The average Bonchev–Trinajstić information content (AvgIpc) is 3.30. The first-order chi connectivity index (χ1) is 14.3. The zero-order chi connectivity index (χ0) is 21.7. The Labute approximate surface area is 187 Å². The molecule has 1 fully saturated rings. The van der Waals surface area contributed by atoms with E-state index < -0.39 is 26.9 Å². The van der Waals surface area contributed by atoms with E-state index in [4.69, 9.17) is 11.6 Å².